The second-order valence-electron chi connectivity index (χ2n) is 6.99. The normalized spacial score (nSPS) is 18.0. The number of imidazole rings is 1. The number of H-pyrrole nitrogens is 1. The molecular weight excluding hydrogens is 392 g/mol. The van der Waals surface area contributed by atoms with Crippen LogP contribution in [-0.4, -0.2) is 80.7 Å². The molecule has 1 aromatic carbocycles. The molecule has 2 aromatic rings. The summed E-state index contributed by atoms with van der Waals surface area (Å²) in [5.41, 5.74) is 2.55. The number of morpholine rings is 1. The van der Waals surface area contributed by atoms with Gasteiger partial charge in [0.25, 0.3) is 0 Å². The SMILES string of the molecule is COC(=O)C1=C(C(=O)OC)N(c2ccc3nc(CN4CCOCC4)[nH]c3c2)COC1. The molecule has 1 fully saturated rings. The Hall–Kier alpha value is -2.95. The lowest BCUT2D eigenvalue weighted by atomic mass is 10.1. The zero-order valence-corrected chi connectivity index (χ0v) is 17.0. The summed E-state index contributed by atoms with van der Waals surface area (Å²) >= 11 is 0. The molecule has 0 amide bonds. The third-order valence-electron chi connectivity index (χ3n) is 5.14. The Bertz CT molecular complexity index is 979. The number of hydrogen-bond donors (Lipinski definition) is 1. The van der Waals surface area contributed by atoms with Crippen molar-refractivity contribution in [2.75, 3.05) is 58.8 Å². The van der Waals surface area contributed by atoms with Gasteiger partial charge in [0.1, 0.15) is 18.3 Å². The Labute approximate surface area is 173 Å². The summed E-state index contributed by atoms with van der Waals surface area (Å²) in [6.45, 7) is 3.98. The van der Waals surface area contributed by atoms with Crippen LogP contribution in [0.5, 0.6) is 0 Å². The summed E-state index contributed by atoms with van der Waals surface area (Å²) in [5.74, 6) is -0.398. The number of aromatic nitrogens is 2. The highest BCUT2D eigenvalue weighted by atomic mass is 16.5. The second kappa shape index (κ2) is 8.82. The number of hydrogen-bond acceptors (Lipinski definition) is 9. The lowest BCUT2D eigenvalue weighted by Crippen LogP contribution is -2.38. The summed E-state index contributed by atoms with van der Waals surface area (Å²) < 4.78 is 20.6. The first-order chi connectivity index (χ1) is 14.6. The molecule has 10 nitrogen and oxygen atoms in total. The Kier molecular flexibility index (Phi) is 5.98. The smallest absolute Gasteiger partial charge is 0.355 e. The highest BCUT2D eigenvalue weighted by Gasteiger charge is 2.32. The molecule has 0 spiro atoms. The van der Waals surface area contributed by atoms with Crippen LogP contribution in [0.2, 0.25) is 0 Å². The number of nitrogens with one attached hydrogen (secondary N) is 1. The van der Waals surface area contributed by atoms with E-state index in [1.807, 2.05) is 18.2 Å². The predicted octanol–water partition coefficient (Wildman–Crippen LogP) is 0.789. The molecule has 30 heavy (non-hydrogen) atoms. The maximum absolute atomic E-state index is 12.4. The lowest BCUT2D eigenvalue weighted by Gasteiger charge is -2.31. The molecule has 0 aliphatic carbocycles. The number of carbonyl (C=O) groups is 2. The molecule has 0 radical (unpaired) electrons. The quantitative estimate of drug-likeness (QED) is 0.708. The zero-order valence-electron chi connectivity index (χ0n) is 17.0. The van der Waals surface area contributed by atoms with Gasteiger partial charge in [0, 0.05) is 18.8 Å². The third kappa shape index (κ3) is 4.02. The monoisotopic (exact) mass is 416 g/mol. The molecule has 0 atom stereocenters. The zero-order chi connectivity index (χ0) is 21.1. The number of carbonyl (C=O) groups excluding carboxylic acids is 2. The summed E-state index contributed by atoms with van der Waals surface area (Å²) in [6, 6.07) is 5.57. The fraction of sp³-hybridized carbons (Fsp3) is 0.450. The van der Waals surface area contributed by atoms with E-state index in [9.17, 15) is 9.59 Å². The van der Waals surface area contributed by atoms with Gasteiger partial charge in [0.2, 0.25) is 0 Å². The van der Waals surface area contributed by atoms with Crippen molar-refractivity contribution in [3.05, 3.63) is 35.3 Å². The Morgan fingerprint density at radius 1 is 1.13 bits per heavy atom. The number of rotatable bonds is 5. The number of methoxy groups -OCH3 is 2. The van der Waals surface area contributed by atoms with E-state index in [1.54, 1.807) is 4.90 Å². The van der Waals surface area contributed by atoms with Crippen LogP contribution < -0.4 is 4.90 Å². The highest BCUT2D eigenvalue weighted by Crippen LogP contribution is 2.29. The minimum atomic E-state index is -0.629. The Morgan fingerprint density at radius 3 is 2.63 bits per heavy atom. The molecule has 3 heterocycles. The van der Waals surface area contributed by atoms with Crippen molar-refractivity contribution < 1.29 is 28.5 Å². The average molecular weight is 416 g/mol. The number of anilines is 1. The molecule has 0 unspecified atom stereocenters. The number of benzene rings is 1. The van der Waals surface area contributed by atoms with Crippen molar-refractivity contribution in [3.63, 3.8) is 0 Å². The van der Waals surface area contributed by atoms with Crippen LogP contribution >= 0.6 is 0 Å². The van der Waals surface area contributed by atoms with Gasteiger partial charge in [-0.05, 0) is 18.2 Å². The van der Waals surface area contributed by atoms with Crippen molar-refractivity contribution in [3.8, 4) is 0 Å². The van der Waals surface area contributed by atoms with Crippen molar-refractivity contribution in [1.29, 1.82) is 0 Å². The Balaban J connectivity index is 1.65. The number of nitrogens with zero attached hydrogens (tertiary/aromatic N) is 3. The second-order valence-corrected chi connectivity index (χ2v) is 6.99. The number of aromatic amines is 1. The maximum Gasteiger partial charge on any atom is 0.355 e. The minimum absolute atomic E-state index is 0.0242. The average Bonchev–Trinajstić information content (AvgIpc) is 3.19. The van der Waals surface area contributed by atoms with Gasteiger partial charge in [-0.3, -0.25) is 4.90 Å². The van der Waals surface area contributed by atoms with E-state index in [-0.39, 0.29) is 24.6 Å². The molecule has 1 N–H and O–H groups in total. The fourth-order valence-electron chi connectivity index (χ4n) is 3.61. The summed E-state index contributed by atoms with van der Waals surface area (Å²) in [4.78, 5) is 36.5. The van der Waals surface area contributed by atoms with Crippen molar-refractivity contribution in [2.24, 2.45) is 0 Å². The molecule has 1 aromatic heterocycles. The largest absolute Gasteiger partial charge is 0.466 e. The molecule has 0 bridgehead atoms. The number of esters is 2. The molecule has 4 rings (SSSR count). The van der Waals surface area contributed by atoms with E-state index in [0.717, 1.165) is 43.2 Å². The maximum atomic E-state index is 12.4. The molecule has 0 saturated carbocycles. The summed E-state index contributed by atoms with van der Waals surface area (Å²) in [6.07, 6.45) is 0. The molecule has 10 heteroatoms. The standard InChI is InChI=1S/C20H24N4O6/c1-27-19(25)14-11-30-12-24(18(14)20(26)28-2)13-3-4-15-16(9-13)22-17(21-15)10-23-5-7-29-8-6-23/h3-4,9H,5-8,10-12H2,1-2H3,(H,21,22). The Morgan fingerprint density at radius 2 is 1.90 bits per heavy atom. The van der Waals surface area contributed by atoms with Crippen LogP contribution in [-0.2, 0) is 35.1 Å². The van der Waals surface area contributed by atoms with E-state index in [1.165, 1.54) is 14.2 Å². The van der Waals surface area contributed by atoms with Crippen molar-refractivity contribution in [1.82, 2.24) is 14.9 Å². The van der Waals surface area contributed by atoms with Crippen LogP contribution in [0.25, 0.3) is 11.0 Å². The molecule has 160 valence electrons. The lowest BCUT2D eigenvalue weighted by molar-refractivity contribution is -0.140. The van der Waals surface area contributed by atoms with E-state index < -0.39 is 11.9 Å². The number of fused-ring (bicyclic) bond motifs is 1. The van der Waals surface area contributed by atoms with Crippen LogP contribution in [0.1, 0.15) is 5.82 Å². The van der Waals surface area contributed by atoms with E-state index in [4.69, 9.17) is 18.9 Å². The van der Waals surface area contributed by atoms with E-state index in [2.05, 4.69) is 14.9 Å². The molecule has 1 saturated heterocycles. The number of ether oxygens (including phenoxy) is 4. The first-order valence-electron chi connectivity index (χ1n) is 9.64. The third-order valence-corrected chi connectivity index (χ3v) is 5.14. The van der Waals surface area contributed by atoms with Gasteiger partial charge in [-0.15, -0.1) is 0 Å². The van der Waals surface area contributed by atoms with E-state index >= 15 is 0 Å². The van der Waals surface area contributed by atoms with Crippen LogP contribution in [0.15, 0.2) is 29.5 Å². The van der Waals surface area contributed by atoms with Gasteiger partial charge in [-0.25, -0.2) is 14.6 Å². The summed E-state index contributed by atoms with van der Waals surface area (Å²) in [7, 11) is 2.53. The van der Waals surface area contributed by atoms with Crippen LogP contribution in [0.3, 0.4) is 0 Å². The minimum Gasteiger partial charge on any atom is -0.466 e. The van der Waals surface area contributed by atoms with Gasteiger partial charge in [-0.1, -0.05) is 0 Å². The van der Waals surface area contributed by atoms with E-state index in [0.29, 0.717) is 12.2 Å². The topological polar surface area (TPSA) is 106 Å². The first kappa shape index (κ1) is 20.3. The van der Waals surface area contributed by atoms with Crippen molar-refractivity contribution >= 4 is 28.7 Å². The van der Waals surface area contributed by atoms with Gasteiger partial charge >= 0.3 is 11.9 Å². The van der Waals surface area contributed by atoms with Crippen molar-refractivity contribution in [2.45, 2.75) is 6.54 Å². The van der Waals surface area contributed by atoms with Gasteiger partial charge in [0.15, 0.2) is 0 Å². The van der Waals surface area contributed by atoms with Gasteiger partial charge in [0.05, 0.1) is 57.2 Å². The predicted molar refractivity (Wildman–Crippen MR) is 107 cm³/mol. The van der Waals surface area contributed by atoms with Crippen LogP contribution in [0, 0.1) is 0 Å². The van der Waals surface area contributed by atoms with Crippen LogP contribution in [0.4, 0.5) is 5.69 Å². The fourth-order valence-corrected chi connectivity index (χ4v) is 3.61. The molecular formula is C20H24N4O6. The molecule has 2 aliphatic rings. The highest BCUT2D eigenvalue weighted by molar-refractivity contribution is 6.03. The first-order valence-corrected chi connectivity index (χ1v) is 9.64. The molecule has 2 aliphatic heterocycles. The summed E-state index contributed by atoms with van der Waals surface area (Å²) in [5, 5.41) is 0. The van der Waals surface area contributed by atoms with Gasteiger partial charge < -0.3 is 28.8 Å². The van der Waals surface area contributed by atoms with Gasteiger partial charge in [-0.2, -0.15) is 0 Å².